The molecule has 0 saturated carbocycles. The van der Waals surface area contributed by atoms with Gasteiger partial charge in [0.05, 0.1) is 5.75 Å². The molecule has 1 aromatic heterocycles. The zero-order valence-electron chi connectivity index (χ0n) is 11.5. The van der Waals surface area contributed by atoms with Crippen LogP contribution in [-0.4, -0.2) is 40.9 Å². The zero-order valence-corrected chi connectivity index (χ0v) is 13.1. The maximum absolute atomic E-state index is 11.1. The molecule has 0 amide bonds. The van der Waals surface area contributed by atoms with Gasteiger partial charge in [0.1, 0.15) is 9.84 Å². The SMILES string of the molecule is CCn1c(SCCS(C)(=O)=O)nnc1-c1ccccc1. The van der Waals surface area contributed by atoms with Crippen molar-refractivity contribution >= 4 is 21.6 Å². The summed E-state index contributed by atoms with van der Waals surface area (Å²) >= 11 is 1.42. The number of hydrogen-bond acceptors (Lipinski definition) is 5. The summed E-state index contributed by atoms with van der Waals surface area (Å²) in [5.74, 6) is 1.45. The molecular weight excluding hydrogens is 294 g/mol. The Bertz CT molecular complexity index is 666. The Kier molecular flexibility index (Phi) is 4.82. The normalized spacial score (nSPS) is 11.7. The number of thioether (sulfide) groups is 1. The van der Waals surface area contributed by atoms with Crippen LogP contribution < -0.4 is 0 Å². The van der Waals surface area contributed by atoms with Gasteiger partial charge in [-0.3, -0.25) is 0 Å². The van der Waals surface area contributed by atoms with Crippen molar-refractivity contribution in [3.63, 3.8) is 0 Å². The van der Waals surface area contributed by atoms with E-state index in [0.29, 0.717) is 5.75 Å². The molecule has 0 spiro atoms. The molecule has 0 aliphatic carbocycles. The van der Waals surface area contributed by atoms with Crippen LogP contribution in [0.4, 0.5) is 0 Å². The summed E-state index contributed by atoms with van der Waals surface area (Å²) in [6.07, 6.45) is 1.24. The van der Waals surface area contributed by atoms with E-state index in [4.69, 9.17) is 0 Å². The maximum atomic E-state index is 11.1. The number of benzene rings is 1. The van der Waals surface area contributed by atoms with E-state index in [1.807, 2.05) is 41.8 Å². The lowest BCUT2D eigenvalue weighted by molar-refractivity contribution is 0.603. The lowest BCUT2D eigenvalue weighted by Crippen LogP contribution is -2.06. The number of aromatic nitrogens is 3. The molecule has 0 fully saturated rings. The molecule has 0 saturated heterocycles. The Labute approximate surface area is 123 Å². The standard InChI is InChI=1S/C13H17N3O2S2/c1-3-16-12(11-7-5-4-6-8-11)14-15-13(16)19-9-10-20(2,17)18/h4-8H,3,9-10H2,1-2H3. The molecule has 1 heterocycles. The summed E-state index contributed by atoms with van der Waals surface area (Å²) in [6, 6.07) is 9.85. The Morgan fingerprint density at radius 3 is 2.50 bits per heavy atom. The largest absolute Gasteiger partial charge is 0.302 e. The summed E-state index contributed by atoms with van der Waals surface area (Å²) < 4.78 is 24.3. The molecule has 1 aromatic carbocycles. The van der Waals surface area contributed by atoms with Gasteiger partial charge in [0.15, 0.2) is 11.0 Å². The molecule has 0 N–H and O–H groups in total. The molecule has 0 atom stereocenters. The van der Waals surface area contributed by atoms with Crippen LogP contribution in [0.25, 0.3) is 11.4 Å². The molecule has 0 bridgehead atoms. The van der Waals surface area contributed by atoms with E-state index < -0.39 is 9.84 Å². The van der Waals surface area contributed by atoms with E-state index in [1.54, 1.807) is 0 Å². The Balaban J connectivity index is 2.18. The van der Waals surface area contributed by atoms with Gasteiger partial charge < -0.3 is 4.57 Å². The van der Waals surface area contributed by atoms with Gasteiger partial charge >= 0.3 is 0 Å². The van der Waals surface area contributed by atoms with Crippen molar-refractivity contribution in [2.24, 2.45) is 0 Å². The Morgan fingerprint density at radius 1 is 1.20 bits per heavy atom. The molecule has 0 aliphatic heterocycles. The van der Waals surface area contributed by atoms with Gasteiger partial charge in [0.2, 0.25) is 0 Å². The molecule has 2 rings (SSSR count). The quantitative estimate of drug-likeness (QED) is 0.764. The van der Waals surface area contributed by atoms with Crippen LogP contribution in [0.2, 0.25) is 0 Å². The topological polar surface area (TPSA) is 64.8 Å². The van der Waals surface area contributed by atoms with Gasteiger partial charge in [-0.2, -0.15) is 0 Å². The van der Waals surface area contributed by atoms with Gasteiger partial charge in [-0.15, -0.1) is 10.2 Å². The number of sulfone groups is 1. The molecule has 20 heavy (non-hydrogen) atoms. The summed E-state index contributed by atoms with van der Waals surface area (Å²) in [7, 11) is -2.94. The van der Waals surface area contributed by atoms with Crippen molar-refractivity contribution < 1.29 is 8.42 Å². The second-order valence-corrected chi connectivity index (χ2v) is 7.72. The van der Waals surface area contributed by atoms with Crippen LogP contribution in [0.1, 0.15) is 6.92 Å². The van der Waals surface area contributed by atoms with Gasteiger partial charge in [0, 0.05) is 24.1 Å². The highest BCUT2D eigenvalue weighted by atomic mass is 32.2. The van der Waals surface area contributed by atoms with Crippen LogP contribution in [-0.2, 0) is 16.4 Å². The van der Waals surface area contributed by atoms with E-state index in [2.05, 4.69) is 10.2 Å². The summed E-state index contributed by atoms with van der Waals surface area (Å²) in [5, 5.41) is 9.14. The average molecular weight is 311 g/mol. The Morgan fingerprint density at radius 2 is 1.90 bits per heavy atom. The second kappa shape index (κ2) is 6.41. The second-order valence-electron chi connectivity index (χ2n) is 4.39. The fourth-order valence-corrected chi connectivity index (χ4v) is 3.96. The maximum Gasteiger partial charge on any atom is 0.191 e. The van der Waals surface area contributed by atoms with Crippen LogP contribution in [0.15, 0.2) is 35.5 Å². The first kappa shape index (κ1) is 15.1. The lowest BCUT2D eigenvalue weighted by atomic mass is 10.2. The average Bonchev–Trinajstić information content (AvgIpc) is 2.81. The van der Waals surface area contributed by atoms with E-state index >= 15 is 0 Å². The van der Waals surface area contributed by atoms with E-state index in [0.717, 1.165) is 23.1 Å². The highest BCUT2D eigenvalue weighted by Gasteiger charge is 2.13. The smallest absolute Gasteiger partial charge is 0.191 e. The van der Waals surface area contributed by atoms with Crippen molar-refractivity contribution in [1.29, 1.82) is 0 Å². The van der Waals surface area contributed by atoms with Crippen molar-refractivity contribution in [1.82, 2.24) is 14.8 Å². The molecule has 2 aromatic rings. The molecule has 108 valence electrons. The zero-order chi connectivity index (χ0) is 14.6. The molecule has 0 radical (unpaired) electrons. The molecule has 5 nitrogen and oxygen atoms in total. The van der Waals surface area contributed by atoms with Crippen LogP contribution >= 0.6 is 11.8 Å². The summed E-state index contributed by atoms with van der Waals surface area (Å²) in [6.45, 7) is 2.77. The minimum absolute atomic E-state index is 0.148. The third kappa shape index (κ3) is 3.83. The van der Waals surface area contributed by atoms with Crippen LogP contribution in [0.5, 0.6) is 0 Å². The Hall–Kier alpha value is -1.34. The van der Waals surface area contributed by atoms with Gasteiger partial charge in [-0.05, 0) is 6.92 Å². The van der Waals surface area contributed by atoms with E-state index in [9.17, 15) is 8.42 Å². The number of rotatable bonds is 6. The first-order valence-electron chi connectivity index (χ1n) is 6.30. The summed E-state index contributed by atoms with van der Waals surface area (Å²) in [5.41, 5.74) is 1.01. The van der Waals surface area contributed by atoms with Crippen molar-refractivity contribution in [2.75, 3.05) is 17.8 Å². The minimum Gasteiger partial charge on any atom is -0.302 e. The number of hydrogen-bond donors (Lipinski definition) is 0. The molecule has 0 aliphatic rings. The molecule has 7 heteroatoms. The third-order valence-corrected chi connectivity index (χ3v) is 4.92. The van der Waals surface area contributed by atoms with E-state index in [1.165, 1.54) is 18.0 Å². The lowest BCUT2D eigenvalue weighted by Gasteiger charge is -2.06. The van der Waals surface area contributed by atoms with Gasteiger partial charge in [-0.1, -0.05) is 42.1 Å². The van der Waals surface area contributed by atoms with Crippen molar-refractivity contribution in [3.05, 3.63) is 30.3 Å². The monoisotopic (exact) mass is 311 g/mol. The van der Waals surface area contributed by atoms with Crippen molar-refractivity contribution in [3.8, 4) is 11.4 Å². The summed E-state index contributed by atoms with van der Waals surface area (Å²) in [4.78, 5) is 0. The van der Waals surface area contributed by atoms with Crippen molar-refractivity contribution in [2.45, 2.75) is 18.6 Å². The predicted molar refractivity (Wildman–Crippen MR) is 81.6 cm³/mol. The first-order chi connectivity index (χ1) is 9.51. The van der Waals surface area contributed by atoms with Crippen LogP contribution in [0.3, 0.4) is 0 Å². The minimum atomic E-state index is -2.94. The molecule has 0 unspecified atom stereocenters. The number of nitrogens with zero attached hydrogens (tertiary/aromatic N) is 3. The first-order valence-corrected chi connectivity index (χ1v) is 9.35. The van der Waals surface area contributed by atoms with Crippen LogP contribution in [0, 0.1) is 0 Å². The fourth-order valence-electron chi connectivity index (χ4n) is 1.77. The van der Waals surface area contributed by atoms with Gasteiger partial charge in [0.25, 0.3) is 0 Å². The fraction of sp³-hybridized carbons (Fsp3) is 0.385. The van der Waals surface area contributed by atoms with E-state index in [-0.39, 0.29) is 5.75 Å². The highest BCUT2D eigenvalue weighted by molar-refractivity contribution is 8.00. The molecular formula is C13H17N3O2S2. The highest BCUT2D eigenvalue weighted by Crippen LogP contribution is 2.23. The predicted octanol–water partition coefficient (Wildman–Crippen LogP) is 2.10. The third-order valence-electron chi connectivity index (χ3n) is 2.75. The van der Waals surface area contributed by atoms with Gasteiger partial charge in [-0.25, -0.2) is 8.42 Å².